The fourth-order valence-electron chi connectivity index (χ4n) is 1.92. The average Bonchev–Trinajstić information content (AvgIpc) is 2.80. The second-order valence-corrected chi connectivity index (χ2v) is 3.93. The molecule has 2 heterocycles. The lowest BCUT2D eigenvalue weighted by molar-refractivity contribution is 0.0526. The summed E-state index contributed by atoms with van der Waals surface area (Å²) in [5.41, 5.74) is 0.535. The first-order chi connectivity index (χ1) is 7.81. The predicted octanol–water partition coefficient (Wildman–Crippen LogP) is 0.984. The van der Waals surface area contributed by atoms with Crippen molar-refractivity contribution in [3.8, 4) is 0 Å². The second kappa shape index (κ2) is 5.12. The lowest BCUT2D eigenvalue weighted by Gasteiger charge is -2.22. The van der Waals surface area contributed by atoms with Crippen LogP contribution in [0.15, 0.2) is 12.4 Å². The minimum absolute atomic E-state index is 0.294. The highest BCUT2D eigenvalue weighted by molar-refractivity contribution is 5.88. The maximum Gasteiger partial charge on any atom is 0.341 e. The van der Waals surface area contributed by atoms with Crippen LogP contribution >= 0.6 is 0 Å². The van der Waals surface area contributed by atoms with Crippen molar-refractivity contribution < 1.29 is 9.53 Å². The number of piperidine rings is 1. The van der Waals surface area contributed by atoms with E-state index in [9.17, 15) is 4.79 Å². The Balaban J connectivity index is 2.03. The molecule has 1 fully saturated rings. The number of esters is 1. The Morgan fingerprint density at radius 3 is 3.31 bits per heavy atom. The van der Waals surface area contributed by atoms with Gasteiger partial charge in [-0.1, -0.05) is 0 Å². The molecule has 0 bridgehead atoms. The quantitative estimate of drug-likeness (QED) is 0.776. The van der Waals surface area contributed by atoms with Crippen LogP contribution < -0.4 is 5.32 Å². The van der Waals surface area contributed by atoms with Crippen molar-refractivity contribution in [1.29, 1.82) is 0 Å². The number of hydrogen-bond acceptors (Lipinski definition) is 4. The number of carbonyl (C=O) groups excluding carboxylic acids is 1. The van der Waals surface area contributed by atoms with Crippen LogP contribution in [0, 0.1) is 0 Å². The molecule has 1 aliphatic rings. The average molecular weight is 223 g/mol. The van der Waals surface area contributed by atoms with Crippen LogP contribution in [0.4, 0.5) is 0 Å². The molecule has 1 aromatic heterocycles. The third-order valence-electron chi connectivity index (χ3n) is 2.76. The summed E-state index contributed by atoms with van der Waals surface area (Å²) in [6.45, 7) is 4.19. The van der Waals surface area contributed by atoms with E-state index in [2.05, 4.69) is 10.4 Å². The number of nitrogens with one attached hydrogen (secondary N) is 1. The van der Waals surface area contributed by atoms with Gasteiger partial charge in [0.15, 0.2) is 0 Å². The van der Waals surface area contributed by atoms with Crippen LogP contribution in [-0.2, 0) is 4.74 Å². The molecule has 0 amide bonds. The molecule has 5 heteroatoms. The van der Waals surface area contributed by atoms with Gasteiger partial charge in [0.25, 0.3) is 0 Å². The number of hydrogen-bond donors (Lipinski definition) is 1. The van der Waals surface area contributed by atoms with E-state index in [0.717, 1.165) is 25.9 Å². The standard InChI is InChI=1S/C11H17N3O2/c1-2-16-11(15)9-6-13-14(8-9)10-4-3-5-12-7-10/h6,8,10,12H,2-5,7H2,1H3/t10-/m0/s1. The minimum Gasteiger partial charge on any atom is -0.462 e. The van der Waals surface area contributed by atoms with Gasteiger partial charge in [-0.25, -0.2) is 4.79 Å². The van der Waals surface area contributed by atoms with Crippen molar-refractivity contribution in [3.63, 3.8) is 0 Å². The third kappa shape index (κ3) is 2.41. The summed E-state index contributed by atoms with van der Waals surface area (Å²) >= 11 is 0. The van der Waals surface area contributed by atoms with E-state index in [-0.39, 0.29) is 5.97 Å². The van der Waals surface area contributed by atoms with Crippen molar-refractivity contribution in [3.05, 3.63) is 18.0 Å². The molecular formula is C11H17N3O2. The highest BCUT2D eigenvalue weighted by Gasteiger charge is 2.17. The second-order valence-electron chi connectivity index (χ2n) is 3.93. The smallest absolute Gasteiger partial charge is 0.341 e. The molecule has 16 heavy (non-hydrogen) atoms. The fraction of sp³-hybridized carbons (Fsp3) is 0.636. The van der Waals surface area contributed by atoms with Gasteiger partial charge in [0.1, 0.15) is 0 Å². The lowest BCUT2D eigenvalue weighted by Crippen LogP contribution is -2.31. The van der Waals surface area contributed by atoms with Gasteiger partial charge in [0, 0.05) is 12.7 Å². The molecule has 1 saturated heterocycles. The molecule has 1 aromatic rings. The molecular weight excluding hydrogens is 206 g/mol. The number of aromatic nitrogens is 2. The molecule has 0 aliphatic carbocycles. The Hall–Kier alpha value is -1.36. The maximum absolute atomic E-state index is 11.4. The van der Waals surface area contributed by atoms with E-state index in [1.54, 1.807) is 19.3 Å². The molecule has 1 atom stereocenters. The largest absolute Gasteiger partial charge is 0.462 e. The number of rotatable bonds is 3. The molecule has 0 radical (unpaired) electrons. The fourth-order valence-corrected chi connectivity index (χ4v) is 1.92. The van der Waals surface area contributed by atoms with Crippen LogP contribution in [0.25, 0.3) is 0 Å². The zero-order valence-corrected chi connectivity index (χ0v) is 9.48. The van der Waals surface area contributed by atoms with Crippen molar-refractivity contribution >= 4 is 5.97 Å². The molecule has 0 aromatic carbocycles. The van der Waals surface area contributed by atoms with Gasteiger partial charge in [-0.3, -0.25) is 4.68 Å². The third-order valence-corrected chi connectivity index (χ3v) is 2.76. The van der Waals surface area contributed by atoms with Crippen molar-refractivity contribution in [2.75, 3.05) is 19.7 Å². The Morgan fingerprint density at radius 2 is 2.62 bits per heavy atom. The predicted molar refractivity (Wildman–Crippen MR) is 59.3 cm³/mol. The summed E-state index contributed by atoms with van der Waals surface area (Å²) in [6.07, 6.45) is 5.61. The number of carbonyl (C=O) groups is 1. The Kier molecular flexibility index (Phi) is 3.56. The topological polar surface area (TPSA) is 56.1 Å². The highest BCUT2D eigenvalue weighted by atomic mass is 16.5. The van der Waals surface area contributed by atoms with E-state index in [4.69, 9.17) is 4.74 Å². The summed E-state index contributed by atoms with van der Waals surface area (Å²) in [5.74, 6) is -0.294. The first-order valence-corrected chi connectivity index (χ1v) is 5.73. The SMILES string of the molecule is CCOC(=O)c1cnn([C@H]2CCCNC2)c1. The van der Waals surface area contributed by atoms with E-state index < -0.39 is 0 Å². The van der Waals surface area contributed by atoms with Crippen LogP contribution in [0.3, 0.4) is 0 Å². The van der Waals surface area contributed by atoms with Gasteiger partial charge in [-0.15, -0.1) is 0 Å². The molecule has 2 rings (SSSR count). The summed E-state index contributed by atoms with van der Waals surface area (Å²) in [4.78, 5) is 11.4. The monoisotopic (exact) mass is 223 g/mol. The van der Waals surface area contributed by atoms with E-state index in [1.165, 1.54) is 0 Å². The molecule has 88 valence electrons. The van der Waals surface area contributed by atoms with Crippen molar-refractivity contribution in [2.24, 2.45) is 0 Å². The van der Waals surface area contributed by atoms with Gasteiger partial charge < -0.3 is 10.1 Å². The van der Waals surface area contributed by atoms with Gasteiger partial charge in [-0.2, -0.15) is 5.10 Å². The van der Waals surface area contributed by atoms with E-state index >= 15 is 0 Å². The van der Waals surface area contributed by atoms with Crippen LogP contribution in [0.2, 0.25) is 0 Å². The Bertz CT molecular complexity index is 356. The molecule has 0 unspecified atom stereocenters. The summed E-state index contributed by atoms with van der Waals surface area (Å²) in [7, 11) is 0. The van der Waals surface area contributed by atoms with Crippen molar-refractivity contribution in [2.45, 2.75) is 25.8 Å². The molecule has 1 N–H and O–H groups in total. The van der Waals surface area contributed by atoms with Gasteiger partial charge in [0.2, 0.25) is 0 Å². The first-order valence-electron chi connectivity index (χ1n) is 5.73. The summed E-state index contributed by atoms with van der Waals surface area (Å²) in [6, 6.07) is 0.358. The molecule has 0 spiro atoms. The maximum atomic E-state index is 11.4. The van der Waals surface area contributed by atoms with Crippen molar-refractivity contribution in [1.82, 2.24) is 15.1 Å². The highest BCUT2D eigenvalue weighted by Crippen LogP contribution is 2.16. The zero-order chi connectivity index (χ0) is 11.4. The number of nitrogens with zero attached hydrogens (tertiary/aromatic N) is 2. The van der Waals surface area contributed by atoms with Crippen LogP contribution in [-0.4, -0.2) is 35.4 Å². The zero-order valence-electron chi connectivity index (χ0n) is 9.48. The molecule has 5 nitrogen and oxygen atoms in total. The summed E-state index contributed by atoms with van der Waals surface area (Å²) < 4.78 is 6.78. The Morgan fingerprint density at radius 1 is 1.75 bits per heavy atom. The normalized spacial score (nSPS) is 20.7. The van der Waals surface area contributed by atoms with Gasteiger partial charge in [0.05, 0.1) is 24.4 Å². The lowest BCUT2D eigenvalue weighted by atomic mass is 10.1. The van der Waals surface area contributed by atoms with Crippen LogP contribution in [0.5, 0.6) is 0 Å². The first kappa shape index (κ1) is 11.1. The number of ether oxygens (including phenoxy) is 1. The van der Waals surface area contributed by atoms with Gasteiger partial charge in [-0.05, 0) is 26.3 Å². The Labute approximate surface area is 94.8 Å². The summed E-state index contributed by atoms with van der Waals surface area (Å²) in [5, 5.41) is 7.54. The van der Waals surface area contributed by atoms with E-state index in [1.807, 2.05) is 4.68 Å². The van der Waals surface area contributed by atoms with Gasteiger partial charge >= 0.3 is 5.97 Å². The van der Waals surface area contributed by atoms with E-state index in [0.29, 0.717) is 18.2 Å². The van der Waals surface area contributed by atoms with Crippen LogP contribution in [0.1, 0.15) is 36.2 Å². The minimum atomic E-state index is -0.294. The molecule has 0 saturated carbocycles. The molecule has 1 aliphatic heterocycles.